The van der Waals surface area contributed by atoms with Gasteiger partial charge in [-0.3, -0.25) is 9.10 Å². The van der Waals surface area contributed by atoms with E-state index in [0.717, 1.165) is 11.1 Å². The number of benzene rings is 2. The zero-order chi connectivity index (χ0) is 22.5. The molecule has 2 aromatic rings. The van der Waals surface area contributed by atoms with Crippen LogP contribution < -0.4 is 9.62 Å². The minimum absolute atomic E-state index is 0.0836. The van der Waals surface area contributed by atoms with Crippen LogP contribution in [0.4, 0.5) is 5.69 Å². The van der Waals surface area contributed by atoms with Crippen molar-refractivity contribution in [3.63, 3.8) is 0 Å². The van der Waals surface area contributed by atoms with Crippen LogP contribution in [0.3, 0.4) is 0 Å². The molecule has 6 heteroatoms. The molecule has 164 valence electrons. The number of nitrogens with one attached hydrogen (secondary N) is 1. The third-order valence-corrected chi connectivity index (χ3v) is 6.34. The summed E-state index contributed by atoms with van der Waals surface area (Å²) in [4.78, 5) is 12.4. The normalized spacial score (nSPS) is 13.0. The molecule has 0 aliphatic rings. The second kappa shape index (κ2) is 9.65. The van der Waals surface area contributed by atoms with Crippen LogP contribution in [0.1, 0.15) is 63.3 Å². The molecule has 0 fully saturated rings. The molecule has 0 saturated carbocycles. The third kappa shape index (κ3) is 6.87. The van der Waals surface area contributed by atoms with Crippen molar-refractivity contribution in [2.24, 2.45) is 0 Å². The molecule has 0 radical (unpaired) electrons. The van der Waals surface area contributed by atoms with Gasteiger partial charge < -0.3 is 5.32 Å². The van der Waals surface area contributed by atoms with Crippen LogP contribution in [0.2, 0.25) is 0 Å². The van der Waals surface area contributed by atoms with Gasteiger partial charge in [0.15, 0.2) is 0 Å². The molecular weight excluding hydrogens is 396 g/mol. The van der Waals surface area contributed by atoms with Gasteiger partial charge in [-0.1, -0.05) is 62.7 Å². The van der Waals surface area contributed by atoms with Crippen LogP contribution in [0.15, 0.2) is 48.5 Å². The van der Waals surface area contributed by atoms with Gasteiger partial charge >= 0.3 is 0 Å². The van der Waals surface area contributed by atoms with Crippen LogP contribution in [-0.2, 0) is 20.2 Å². The monoisotopic (exact) mass is 430 g/mol. The number of carbonyl (C=O) groups excluding carboxylic acids is 1. The van der Waals surface area contributed by atoms with Crippen LogP contribution in [0.5, 0.6) is 0 Å². The van der Waals surface area contributed by atoms with Crippen molar-refractivity contribution in [3.05, 3.63) is 65.2 Å². The van der Waals surface area contributed by atoms with Crippen molar-refractivity contribution in [3.8, 4) is 0 Å². The predicted octanol–water partition coefficient (Wildman–Crippen LogP) is 4.72. The minimum atomic E-state index is -3.41. The van der Waals surface area contributed by atoms with Crippen molar-refractivity contribution in [1.29, 1.82) is 0 Å². The summed E-state index contributed by atoms with van der Waals surface area (Å²) in [5.74, 6) is -0.0836. The average molecular weight is 431 g/mol. The highest BCUT2D eigenvalue weighted by Crippen LogP contribution is 2.24. The summed E-state index contributed by atoms with van der Waals surface area (Å²) < 4.78 is 25.7. The van der Waals surface area contributed by atoms with E-state index in [1.54, 1.807) is 12.1 Å². The summed E-state index contributed by atoms with van der Waals surface area (Å²) in [5.41, 5.74) is 4.08. The Morgan fingerprint density at radius 2 is 1.60 bits per heavy atom. The number of rotatable bonds is 8. The number of sulfonamides is 1. The summed E-state index contributed by atoms with van der Waals surface area (Å²) in [6, 6.07) is 15.5. The van der Waals surface area contributed by atoms with E-state index in [1.165, 1.54) is 16.1 Å². The molecule has 0 aromatic heterocycles. The van der Waals surface area contributed by atoms with E-state index in [4.69, 9.17) is 0 Å². The standard InChI is InChI=1S/C24H34N2O3S/c1-18-9-15-22(16-10-18)26(30(6,28)29)17-7-8-23(27)25-19(2)20-11-13-21(14-12-20)24(3,4)5/h9-16,19H,7-8,17H2,1-6H3,(H,25,27). The summed E-state index contributed by atoms with van der Waals surface area (Å²) in [6.07, 6.45) is 1.90. The lowest BCUT2D eigenvalue weighted by Crippen LogP contribution is -2.32. The fourth-order valence-corrected chi connectivity index (χ4v) is 4.21. The van der Waals surface area contributed by atoms with Crippen molar-refractivity contribution < 1.29 is 13.2 Å². The maximum absolute atomic E-state index is 12.4. The zero-order valence-corrected chi connectivity index (χ0v) is 19.7. The fraction of sp³-hybridized carbons (Fsp3) is 0.458. The second-order valence-corrected chi connectivity index (χ2v) is 10.8. The van der Waals surface area contributed by atoms with Crippen molar-refractivity contribution in [2.45, 2.75) is 58.9 Å². The lowest BCUT2D eigenvalue weighted by Gasteiger charge is -2.23. The van der Waals surface area contributed by atoms with E-state index in [-0.39, 0.29) is 30.3 Å². The van der Waals surface area contributed by atoms with Gasteiger partial charge in [0.05, 0.1) is 18.0 Å². The SMILES string of the molecule is Cc1ccc(N(CCCC(=O)NC(C)c2ccc(C(C)(C)C)cc2)S(C)(=O)=O)cc1. The maximum Gasteiger partial charge on any atom is 0.232 e. The number of aryl methyl sites for hydroxylation is 1. The van der Waals surface area contributed by atoms with Gasteiger partial charge in [0.25, 0.3) is 0 Å². The van der Waals surface area contributed by atoms with Crippen molar-refractivity contribution in [1.82, 2.24) is 5.32 Å². The van der Waals surface area contributed by atoms with Gasteiger partial charge in [-0.2, -0.15) is 0 Å². The summed E-state index contributed by atoms with van der Waals surface area (Å²) in [7, 11) is -3.41. The molecule has 2 rings (SSSR count). The zero-order valence-electron chi connectivity index (χ0n) is 18.9. The van der Waals surface area contributed by atoms with Gasteiger partial charge in [0, 0.05) is 13.0 Å². The molecule has 0 aliphatic carbocycles. The maximum atomic E-state index is 12.4. The molecule has 1 unspecified atom stereocenters. The Labute approximate surface area is 181 Å². The number of hydrogen-bond acceptors (Lipinski definition) is 3. The summed E-state index contributed by atoms with van der Waals surface area (Å²) in [6.45, 7) is 10.7. The van der Waals surface area contributed by atoms with Gasteiger partial charge in [-0.25, -0.2) is 8.42 Å². The molecule has 0 spiro atoms. The Morgan fingerprint density at radius 1 is 1.03 bits per heavy atom. The molecule has 5 nitrogen and oxygen atoms in total. The number of hydrogen-bond donors (Lipinski definition) is 1. The van der Waals surface area contributed by atoms with E-state index in [2.05, 4.69) is 38.2 Å². The average Bonchev–Trinajstić information content (AvgIpc) is 2.64. The van der Waals surface area contributed by atoms with Crippen molar-refractivity contribution in [2.75, 3.05) is 17.1 Å². The first-order chi connectivity index (χ1) is 13.9. The first-order valence-corrected chi connectivity index (χ1v) is 12.2. The molecule has 0 bridgehead atoms. The number of carbonyl (C=O) groups is 1. The molecule has 1 N–H and O–H groups in total. The van der Waals surface area contributed by atoms with Crippen LogP contribution in [0.25, 0.3) is 0 Å². The lowest BCUT2D eigenvalue weighted by atomic mass is 9.86. The molecule has 0 aliphatic heterocycles. The highest BCUT2D eigenvalue weighted by Gasteiger charge is 2.18. The number of anilines is 1. The first-order valence-electron chi connectivity index (χ1n) is 10.3. The van der Waals surface area contributed by atoms with Crippen molar-refractivity contribution >= 4 is 21.6 Å². The van der Waals surface area contributed by atoms with E-state index < -0.39 is 10.0 Å². The summed E-state index contributed by atoms with van der Waals surface area (Å²) in [5, 5.41) is 3.01. The lowest BCUT2D eigenvalue weighted by molar-refractivity contribution is -0.121. The number of amides is 1. The Bertz CT molecular complexity index is 943. The fourth-order valence-electron chi connectivity index (χ4n) is 3.25. The van der Waals surface area contributed by atoms with E-state index in [0.29, 0.717) is 12.1 Å². The molecule has 2 aromatic carbocycles. The molecule has 0 heterocycles. The van der Waals surface area contributed by atoms with E-state index >= 15 is 0 Å². The Morgan fingerprint density at radius 3 is 2.10 bits per heavy atom. The van der Waals surface area contributed by atoms with Gasteiger partial charge in [0.1, 0.15) is 0 Å². The van der Waals surface area contributed by atoms with Crippen LogP contribution in [0, 0.1) is 6.92 Å². The summed E-state index contributed by atoms with van der Waals surface area (Å²) >= 11 is 0. The van der Waals surface area contributed by atoms with Gasteiger partial charge in [-0.15, -0.1) is 0 Å². The molecule has 1 atom stereocenters. The molecule has 30 heavy (non-hydrogen) atoms. The van der Waals surface area contributed by atoms with Crippen LogP contribution >= 0.6 is 0 Å². The molecule has 0 saturated heterocycles. The molecule has 1 amide bonds. The second-order valence-electron chi connectivity index (χ2n) is 8.94. The van der Waals surface area contributed by atoms with Gasteiger partial charge in [0.2, 0.25) is 15.9 Å². The Kier molecular flexibility index (Phi) is 7.70. The largest absolute Gasteiger partial charge is 0.350 e. The number of nitrogens with zero attached hydrogens (tertiary/aromatic N) is 1. The predicted molar refractivity (Wildman–Crippen MR) is 124 cm³/mol. The van der Waals surface area contributed by atoms with E-state index in [1.807, 2.05) is 38.1 Å². The van der Waals surface area contributed by atoms with Crippen LogP contribution in [-0.4, -0.2) is 27.1 Å². The quantitative estimate of drug-likeness (QED) is 0.659. The third-order valence-electron chi connectivity index (χ3n) is 5.14. The Hall–Kier alpha value is -2.34. The van der Waals surface area contributed by atoms with Gasteiger partial charge in [-0.05, 0) is 48.9 Å². The Balaban J connectivity index is 1.92. The highest BCUT2D eigenvalue weighted by atomic mass is 32.2. The highest BCUT2D eigenvalue weighted by molar-refractivity contribution is 7.92. The molecular formula is C24H34N2O3S. The van der Waals surface area contributed by atoms with E-state index in [9.17, 15) is 13.2 Å². The minimum Gasteiger partial charge on any atom is -0.350 e. The smallest absolute Gasteiger partial charge is 0.232 e. The first kappa shape index (κ1) is 23.9. The topological polar surface area (TPSA) is 66.5 Å².